The molecule has 0 spiro atoms. The van der Waals surface area contributed by atoms with Gasteiger partial charge in [0.25, 0.3) is 0 Å². The molecule has 0 aromatic heterocycles. The Bertz CT molecular complexity index is 383. The Morgan fingerprint density at radius 3 is 2.82 bits per heavy atom. The lowest BCUT2D eigenvalue weighted by molar-refractivity contribution is -0.121. The van der Waals surface area contributed by atoms with Gasteiger partial charge in [0.1, 0.15) is 5.75 Å². The van der Waals surface area contributed by atoms with Gasteiger partial charge in [-0.25, -0.2) is 0 Å². The number of hydrogen-bond donors (Lipinski definition) is 2. The summed E-state index contributed by atoms with van der Waals surface area (Å²) < 4.78 is 5.56. The summed E-state index contributed by atoms with van der Waals surface area (Å²) in [6.07, 6.45) is 0.345. The lowest BCUT2D eigenvalue weighted by atomic mass is 10.2. The van der Waals surface area contributed by atoms with Crippen LogP contribution in [0.4, 0.5) is 0 Å². The van der Waals surface area contributed by atoms with Crippen molar-refractivity contribution >= 4 is 17.5 Å². The molecule has 1 aromatic rings. The molecule has 0 heterocycles. The van der Waals surface area contributed by atoms with E-state index in [1.807, 2.05) is 19.2 Å². The largest absolute Gasteiger partial charge is 0.493 e. The molecule has 0 unspecified atom stereocenters. The van der Waals surface area contributed by atoms with Crippen LogP contribution in [-0.4, -0.2) is 26.6 Å². The van der Waals surface area contributed by atoms with E-state index < -0.39 is 0 Å². The summed E-state index contributed by atoms with van der Waals surface area (Å²) in [5.41, 5.74) is 0.983. The van der Waals surface area contributed by atoms with Crippen LogP contribution < -0.4 is 15.4 Å². The van der Waals surface area contributed by atoms with Crippen LogP contribution in [0.25, 0.3) is 0 Å². The number of halogens is 1. The smallest absolute Gasteiger partial charge is 0.223 e. The molecular formula is C12H17ClN2O2. The molecule has 94 valence electrons. The molecule has 0 aliphatic heterocycles. The topological polar surface area (TPSA) is 50.4 Å². The van der Waals surface area contributed by atoms with Crippen LogP contribution in [0.15, 0.2) is 18.2 Å². The van der Waals surface area contributed by atoms with Gasteiger partial charge in [0.15, 0.2) is 0 Å². The van der Waals surface area contributed by atoms with E-state index in [0.29, 0.717) is 24.6 Å². The Hall–Kier alpha value is -1.26. The third-order valence-corrected chi connectivity index (χ3v) is 2.49. The number of nitrogens with one attached hydrogen (secondary N) is 2. The second-order valence-electron chi connectivity index (χ2n) is 3.55. The van der Waals surface area contributed by atoms with Crippen molar-refractivity contribution in [2.24, 2.45) is 0 Å². The first-order valence-corrected chi connectivity index (χ1v) is 5.81. The second kappa shape index (κ2) is 7.14. The highest BCUT2D eigenvalue weighted by atomic mass is 35.5. The molecule has 4 nitrogen and oxygen atoms in total. The molecule has 0 bridgehead atoms. The number of carbonyl (C=O) groups excluding carboxylic acids is 1. The minimum atomic E-state index is -0.0332. The Balaban J connectivity index is 2.60. The summed E-state index contributed by atoms with van der Waals surface area (Å²) in [5.74, 6) is 0.724. The Kier molecular flexibility index (Phi) is 5.80. The minimum absolute atomic E-state index is 0.0332. The van der Waals surface area contributed by atoms with Gasteiger partial charge in [0.05, 0.1) is 13.0 Å². The third-order valence-electron chi connectivity index (χ3n) is 2.26. The first kappa shape index (κ1) is 13.8. The minimum Gasteiger partial charge on any atom is -0.493 e. The van der Waals surface area contributed by atoms with Gasteiger partial charge in [0, 0.05) is 24.2 Å². The summed E-state index contributed by atoms with van der Waals surface area (Å²) in [7, 11) is 3.46. The maximum absolute atomic E-state index is 11.0. The van der Waals surface area contributed by atoms with Gasteiger partial charge in [-0.05, 0) is 25.2 Å². The van der Waals surface area contributed by atoms with Crippen molar-refractivity contribution in [3.05, 3.63) is 28.8 Å². The lowest BCUT2D eigenvalue weighted by Gasteiger charge is -2.11. The maximum atomic E-state index is 11.0. The molecule has 0 saturated carbocycles. The van der Waals surface area contributed by atoms with Crippen molar-refractivity contribution in [3.8, 4) is 5.75 Å². The van der Waals surface area contributed by atoms with Crippen molar-refractivity contribution in [1.82, 2.24) is 10.6 Å². The van der Waals surface area contributed by atoms with Gasteiger partial charge < -0.3 is 15.4 Å². The van der Waals surface area contributed by atoms with Gasteiger partial charge in [-0.2, -0.15) is 0 Å². The van der Waals surface area contributed by atoms with Gasteiger partial charge in [-0.1, -0.05) is 11.6 Å². The Morgan fingerprint density at radius 2 is 2.18 bits per heavy atom. The van der Waals surface area contributed by atoms with Crippen molar-refractivity contribution in [1.29, 1.82) is 0 Å². The average Bonchev–Trinajstić information content (AvgIpc) is 2.32. The van der Waals surface area contributed by atoms with Crippen molar-refractivity contribution in [2.75, 3.05) is 20.7 Å². The molecule has 0 saturated heterocycles. The molecule has 0 aliphatic carbocycles. The quantitative estimate of drug-likeness (QED) is 0.813. The van der Waals surface area contributed by atoms with Crippen molar-refractivity contribution in [3.63, 3.8) is 0 Å². The fourth-order valence-electron chi connectivity index (χ4n) is 1.40. The summed E-state index contributed by atoms with van der Waals surface area (Å²) >= 11 is 5.91. The van der Waals surface area contributed by atoms with Crippen LogP contribution in [0.1, 0.15) is 12.0 Å². The summed E-state index contributed by atoms with van der Waals surface area (Å²) in [4.78, 5) is 11.0. The first-order chi connectivity index (χ1) is 8.17. The standard InChI is InChI=1S/C12H17ClN2O2/c1-14-8-9-7-10(13)3-4-11(9)17-6-5-12(16)15-2/h3-4,7,14H,5-6,8H2,1-2H3,(H,15,16). The second-order valence-corrected chi connectivity index (χ2v) is 3.99. The fourth-order valence-corrected chi connectivity index (χ4v) is 1.59. The van der Waals surface area contributed by atoms with Gasteiger partial charge >= 0.3 is 0 Å². The molecule has 17 heavy (non-hydrogen) atoms. The van der Waals surface area contributed by atoms with E-state index >= 15 is 0 Å². The summed E-state index contributed by atoms with van der Waals surface area (Å²) in [5, 5.41) is 6.27. The van der Waals surface area contributed by atoms with E-state index in [4.69, 9.17) is 16.3 Å². The predicted octanol–water partition coefficient (Wildman–Crippen LogP) is 1.57. The van der Waals surface area contributed by atoms with E-state index in [0.717, 1.165) is 11.3 Å². The number of amides is 1. The molecule has 0 aliphatic rings. The highest BCUT2D eigenvalue weighted by molar-refractivity contribution is 6.30. The number of benzene rings is 1. The van der Waals surface area contributed by atoms with Crippen LogP contribution >= 0.6 is 11.6 Å². The summed E-state index contributed by atoms with van der Waals surface area (Å²) in [6, 6.07) is 5.45. The molecule has 1 aromatic carbocycles. The highest BCUT2D eigenvalue weighted by Gasteiger charge is 2.05. The zero-order chi connectivity index (χ0) is 12.7. The zero-order valence-electron chi connectivity index (χ0n) is 10.0. The predicted molar refractivity (Wildman–Crippen MR) is 68.4 cm³/mol. The number of rotatable bonds is 6. The Morgan fingerprint density at radius 1 is 1.41 bits per heavy atom. The van der Waals surface area contributed by atoms with Gasteiger partial charge in [0.2, 0.25) is 5.91 Å². The maximum Gasteiger partial charge on any atom is 0.223 e. The van der Waals surface area contributed by atoms with E-state index in [1.54, 1.807) is 13.1 Å². The van der Waals surface area contributed by atoms with Crippen LogP contribution in [0.3, 0.4) is 0 Å². The summed E-state index contributed by atoms with van der Waals surface area (Å²) in [6.45, 7) is 1.04. The van der Waals surface area contributed by atoms with E-state index in [-0.39, 0.29) is 5.91 Å². The SMILES string of the molecule is CNCc1cc(Cl)ccc1OCCC(=O)NC. The molecule has 1 rings (SSSR count). The van der Waals surface area contributed by atoms with Crippen LogP contribution in [-0.2, 0) is 11.3 Å². The molecule has 2 N–H and O–H groups in total. The third kappa shape index (κ3) is 4.63. The van der Waals surface area contributed by atoms with Gasteiger partial charge in [-0.3, -0.25) is 4.79 Å². The molecule has 1 amide bonds. The van der Waals surface area contributed by atoms with E-state index in [9.17, 15) is 4.79 Å². The monoisotopic (exact) mass is 256 g/mol. The Labute approximate surface area is 106 Å². The van der Waals surface area contributed by atoms with E-state index in [2.05, 4.69) is 10.6 Å². The molecule has 0 atom stereocenters. The number of hydrogen-bond acceptors (Lipinski definition) is 3. The first-order valence-electron chi connectivity index (χ1n) is 5.43. The fraction of sp³-hybridized carbons (Fsp3) is 0.417. The number of ether oxygens (including phenoxy) is 1. The van der Waals surface area contributed by atoms with E-state index in [1.165, 1.54) is 0 Å². The van der Waals surface area contributed by atoms with Crippen molar-refractivity contribution in [2.45, 2.75) is 13.0 Å². The normalized spacial score (nSPS) is 10.1. The van der Waals surface area contributed by atoms with Crippen LogP contribution in [0.2, 0.25) is 5.02 Å². The average molecular weight is 257 g/mol. The zero-order valence-corrected chi connectivity index (χ0v) is 10.8. The lowest BCUT2D eigenvalue weighted by Crippen LogP contribution is -2.20. The molecule has 5 heteroatoms. The molecular weight excluding hydrogens is 240 g/mol. The molecule has 0 radical (unpaired) electrons. The number of carbonyl (C=O) groups is 1. The molecule has 0 fully saturated rings. The van der Waals surface area contributed by atoms with Crippen molar-refractivity contribution < 1.29 is 9.53 Å². The van der Waals surface area contributed by atoms with Gasteiger partial charge in [-0.15, -0.1) is 0 Å². The van der Waals surface area contributed by atoms with Crippen LogP contribution in [0, 0.1) is 0 Å². The highest BCUT2D eigenvalue weighted by Crippen LogP contribution is 2.22. The van der Waals surface area contributed by atoms with Crippen LogP contribution in [0.5, 0.6) is 5.75 Å².